The van der Waals surface area contributed by atoms with Gasteiger partial charge in [-0.2, -0.15) is 0 Å². The van der Waals surface area contributed by atoms with Gasteiger partial charge < -0.3 is 10.5 Å². The van der Waals surface area contributed by atoms with Gasteiger partial charge in [-0.15, -0.1) is 0 Å². The Bertz CT molecular complexity index is 334. The minimum atomic E-state index is 0.0289. The molecule has 1 aromatic carbocycles. The molecule has 17 heavy (non-hydrogen) atoms. The van der Waals surface area contributed by atoms with Gasteiger partial charge in [0.25, 0.3) is 0 Å². The summed E-state index contributed by atoms with van der Waals surface area (Å²) < 4.78 is 5.85. The zero-order valence-corrected chi connectivity index (χ0v) is 11.3. The van der Waals surface area contributed by atoms with E-state index < -0.39 is 0 Å². The fourth-order valence-corrected chi connectivity index (χ4v) is 1.85. The standard InChI is InChI=1S/C15H25NO/c1-4-5-6-7-10-17-15-11-12(2)8-9-14(15)13(3)16/h8-9,11,13H,4-7,10,16H2,1-3H3/t13-/m1/s1. The fraction of sp³-hybridized carbons (Fsp3) is 0.600. The first-order valence-corrected chi connectivity index (χ1v) is 6.64. The van der Waals surface area contributed by atoms with Crippen molar-refractivity contribution in [2.24, 2.45) is 5.73 Å². The van der Waals surface area contributed by atoms with E-state index in [1.54, 1.807) is 0 Å². The molecule has 0 amide bonds. The third-order valence-electron chi connectivity index (χ3n) is 2.92. The van der Waals surface area contributed by atoms with Crippen LogP contribution in [-0.4, -0.2) is 6.61 Å². The van der Waals surface area contributed by atoms with Crippen LogP contribution in [0.15, 0.2) is 18.2 Å². The lowest BCUT2D eigenvalue weighted by molar-refractivity contribution is 0.300. The zero-order chi connectivity index (χ0) is 12.7. The van der Waals surface area contributed by atoms with Gasteiger partial charge in [-0.05, 0) is 31.9 Å². The van der Waals surface area contributed by atoms with Gasteiger partial charge in [0.05, 0.1) is 6.61 Å². The average Bonchev–Trinajstić information content (AvgIpc) is 2.28. The van der Waals surface area contributed by atoms with Crippen LogP contribution in [0.3, 0.4) is 0 Å². The number of nitrogens with two attached hydrogens (primary N) is 1. The molecule has 0 heterocycles. The van der Waals surface area contributed by atoms with E-state index in [0.29, 0.717) is 0 Å². The summed E-state index contributed by atoms with van der Waals surface area (Å²) in [4.78, 5) is 0. The summed E-state index contributed by atoms with van der Waals surface area (Å²) in [6.45, 7) is 7.09. The first kappa shape index (κ1) is 14.0. The second kappa shape index (κ2) is 7.33. The van der Waals surface area contributed by atoms with E-state index in [1.165, 1.54) is 24.8 Å². The Hall–Kier alpha value is -1.02. The molecule has 0 fully saturated rings. The van der Waals surface area contributed by atoms with E-state index in [1.807, 2.05) is 6.92 Å². The molecule has 0 saturated heterocycles. The van der Waals surface area contributed by atoms with Crippen LogP contribution in [0.2, 0.25) is 0 Å². The minimum absolute atomic E-state index is 0.0289. The van der Waals surface area contributed by atoms with Crippen molar-refractivity contribution in [3.05, 3.63) is 29.3 Å². The van der Waals surface area contributed by atoms with Gasteiger partial charge in [0.2, 0.25) is 0 Å². The van der Waals surface area contributed by atoms with Crippen molar-refractivity contribution < 1.29 is 4.74 Å². The molecule has 1 rings (SSSR count). The summed E-state index contributed by atoms with van der Waals surface area (Å²) in [6, 6.07) is 6.27. The molecule has 2 heteroatoms. The van der Waals surface area contributed by atoms with Gasteiger partial charge in [-0.3, -0.25) is 0 Å². The van der Waals surface area contributed by atoms with E-state index in [4.69, 9.17) is 10.5 Å². The molecular formula is C15H25NO. The first-order valence-electron chi connectivity index (χ1n) is 6.64. The Morgan fingerprint density at radius 2 is 2.00 bits per heavy atom. The predicted octanol–water partition coefficient (Wildman–Crippen LogP) is 3.97. The number of unbranched alkanes of at least 4 members (excludes halogenated alkanes) is 3. The Labute approximate surface area is 105 Å². The van der Waals surface area contributed by atoms with Crippen LogP contribution in [0.1, 0.15) is 56.7 Å². The monoisotopic (exact) mass is 235 g/mol. The number of rotatable bonds is 7. The van der Waals surface area contributed by atoms with Gasteiger partial charge in [0, 0.05) is 11.6 Å². The van der Waals surface area contributed by atoms with Gasteiger partial charge in [-0.1, -0.05) is 38.3 Å². The number of ether oxygens (including phenoxy) is 1. The van der Waals surface area contributed by atoms with Crippen molar-refractivity contribution >= 4 is 0 Å². The maximum atomic E-state index is 5.94. The molecule has 2 N–H and O–H groups in total. The molecule has 0 saturated carbocycles. The molecule has 0 radical (unpaired) electrons. The van der Waals surface area contributed by atoms with Crippen LogP contribution in [0.5, 0.6) is 5.75 Å². The summed E-state index contributed by atoms with van der Waals surface area (Å²) in [6.07, 6.45) is 4.92. The third kappa shape index (κ3) is 4.78. The summed E-state index contributed by atoms with van der Waals surface area (Å²) >= 11 is 0. The Kier molecular flexibility index (Phi) is 6.06. The van der Waals surface area contributed by atoms with Crippen LogP contribution < -0.4 is 10.5 Å². The van der Waals surface area contributed by atoms with Gasteiger partial charge >= 0.3 is 0 Å². The lowest BCUT2D eigenvalue weighted by Gasteiger charge is -2.14. The highest BCUT2D eigenvalue weighted by Gasteiger charge is 2.07. The Morgan fingerprint density at radius 3 is 2.65 bits per heavy atom. The number of hydrogen-bond acceptors (Lipinski definition) is 2. The smallest absolute Gasteiger partial charge is 0.124 e. The minimum Gasteiger partial charge on any atom is -0.493 e. The molecule has 0 bridgehead atoms. The lowest BCUT2D eigenvalue weighted by atomic mass is 10.1. The highest BCUT2D eigenvalue weighted by Crippen LogP contribution is 2.25. The van der Waals surface area contributed by atoms with Crippen molar-refractivity contribution in [1.29, 1.82) is 0 Å². The fourth-order valence-electron chi connectivity index (χ4n) is 1.85. The normalized spacial score (nSPS) is 12.5. The molecule has 0 aliphatic rings. The number of hydrogen-bond donors (Lipinski definition) is 1. The van der Waals surface area contributed by atoms with E-state index in [-0.39, 0.29) is 6.04 Å². The summed E-state index contributed by atoms with van der Waals surface area (Å²) in [5.41, 5.74) is 8.26. The Morgan fingerprint density at radius 1 is 1.24 bits per heavy atom. The molecule has 0 aromatic heterocycles. The molecule has 96 valence electrons. The van der Waals surface area contributed by atoms with Crippen LogP contribution in [-0.2, 0) is 0 Å². The number of benzene rings is 1. The first-order chi connectivity index (χ1) is 8.15. The highest BCUT2D eigenvalue weighted by atomic mass is 16.5. The van der Waals surface area contributed by atoms with E-state index in [0.717, 1.165) is 24.3 Å². The van der Waals surface area contributed by atoms with Gasteiger partial charge in [0.1, 0.15) is 5.75 Å². The Balaban J connectivity index is 2.53. The van der Waals surface area contributed by atoms with Crippen molar-refractivity contribution in [1.82, 2.24) is 0 Å². The van der Waals surface area contributed by atoms with E-state index >= 15 is 0 Å². The molecule has 1 atom stereocenters. The summed E-state index contributed by atoms with van der Waals surface area (Å²) in [7, 11) is 0. The average molecular weight is 235 g/mol. The van der Waals surface area contributed by atoms with Crippen LogP contribution >= 0.6 is 0 Å². The van der Waals surface area contributed by atoms with Gasteiger partial charge in [-0.25, -0.2) is 0 Å². The van der Waals surface area contributed by atoms with Crippen molar-refractivity contribution in [3.8, 4) is 5.75 Å². The highest BCUT2D eigenvalue weighted by molar-refractivity contribution is 5.38. The largest absolute Gasteiger partial charge is 0.493 e. The quantitative estimate of drug-likeness (QED) is 0.726. The summed E-state index contributed by atoms with van der Waals surface area (Å²) in [5, 5.41) is 0. The molecule has 0 unspecified atom stereocenters. The zero-order valence-electron chi connectivity index (χ0n) is 11.3. The topological polar surface area (TPSA) is 35.2 Å². The van der Waals surface area contributed by atoms with E-state index in [9.17, 15) is 0 Å². The number of aryl methyl sites for hydroxylation is 1. The van der Waals surface area contributed by atoms with Gasteiger partial charge in [0.15, 0.2) is 0 Å². The van der Waals surface area contributed by atoms with Crippen LogP contribution in [0.25, 0.3) is 0 Å². The molecular weight excluding hydrogens is 210 g/mol. The predicted molar refractivity (Wildman–Crippen MR) is 73.4 cm³/mol. The van der Waals surface area contributed by atoms with Crippen molar-refractivity contribution in [2.45, 2.75) is 52.5 Å². The molecule has 0 aliphatic carbocycles. The third-order valence-corrected chi connectivity index (χ3v) is 2.92. The van der Waals surface area contributed by atoms with Crippen molar-refractivity contribution in [3.63, 3.8) is 0 Å². The molecule has 0 spiro atoms. The maximum Gasteiger partial charge on any atom is 0.124 e. The van der Waals surface area contributed by atoms with Crippen molar-refractivity contribution in [2.75, 3.05) is 6.61 Å². The molecule has 1 aromatic rings. The van der Waals surface area contributed by atoms with Crippen LogP contribution in [0.4, 0.5) is 0 Å². The van der Waals surface area contributed by atoms with E-state index in [2.05, 4.69) is 32.0 Å². The molecule has 2 nitrogen and oxygen atoms in total. The molecule has 0 aliphatic heterocycles. The second-order valence-electron chi connectivity index (χ2n) is 4.74. The second-order valence-corrected chi connectivity index (χ2v) is 4.74. The lowest BCUT2D eigenvalue weighted by Crippen LogP contribution is -2.09. The SMILES string of the molecule is CCCCCCOc1cc(C)ccc1[C@@H](C)N. The summed E-state index contributed by atoms with van der Waals surface area (Å²) in [5.74, 6) is 0.955. The maximum absolute atomic E-state index is 5.94. The van der Waals surface area contributed by atoms with Crippen LogP contribution in [0, 0.1) is 6.92 Å².